The van der Waals surface area contributed by atoms with Gasteiger partial charge in [-0.05, 0) is 95.1 Å². The summed E-state index contributed by atoms with van der Waals surface area (Å²) in [4.78, 5) is 2.44. The molecule has 0 radical (unpaired) electrons. The maximum absolute atomic E-state index is 15.1. The van der Waals surface area contributed by atoms with Gasteiger partial charge in [0.2, 0.25) is 0 Å². The van der Waals surface area contributed by atoms with Crippen LogP contribution in [0.4, 0.5) is 21.5 Å². The summed E-state index contributed by atoms with van der Waals surface area (Å²) in [6.45, 7) is 4.67. The van der Waals surface area contributed by atoms with Crippen molar-refractivity contribution in [3.05, 3.63) is 199 Å². The Kier molecular flexibility index (Phi) is 6.78. The first-order chi connectivity index (χ1) is 27.0. The van der Waals surface area contributed by atoms with E-state index < -0.39 is 0 Å². The van der Waals surface area contributed by atoms with E-state index in [2.05, 4.69) is 186 Å². The normalized spacial score (nSPS) is 13.1. The van der Waals surface area contributed by atoms with Crippen LogP contribution < -0.4 is 4.90 Å². The first-order valence-corrected chi connectivity index (χ1v) is 18.9. The quantitative estimate of drug-likeness (QED) is 0.173. The summed E-state index contributed by atoms with van der Waals surface area (Å²) >= 11 is 0. The lowest BCUT2D eigenvalue weighted by molar-refractivity contribution is 0.627. The van der Waals surface area contributed by atoms with E-state index in [-0.39, 0.29) is 11.2 Å². The van der Waals surface area contributed by atoms with Crippen molar-refractivity contribution in [2.24, 2.45) is 0 Å². The predicted molar refractivity (Wildman–Crippen MR) is 227 cm³/mol. The predicted octanol–water partition coefficient (Wildman–Crippen LogP) is 13.8. The zero-order valence-corrected chi connectivity index (χ0v) is 30.5. The van der Waals surface area contributed by atoms with Crippen molar-refractivity contribution >= 4 is 60.7 Å². The van der Waals surface area contributed by atoms with E-state index >= 15 is 4.39 Å². The number of nitrogens with zero attached hydrogens (tertiary/aromatic N) is 3. The van der Waals surface area contributed by atoms with Crippen molar-refractivity contribution in [3.8, 4) is 22.5 Å². The molecule has 3 nitrogen and oxygen atoms in total. The lowest BCUT2D eigenvalue weighted by Crippen LogP contribution is -2.17. The number of anilines is 3. The van der Waals surface area contributed by atoms with Gasteiger partial charge in [0.1, 0.15) is 5.82 Å². The maximum atomic E-state index is 15.1. The SMILES string of the molecule is CC1(C)c2ccccc2-c2ccc(N(c3cccc4c3c3ccccc3n4-c3ccccc3)c3cccc4c5ccccc5n(-c5cccc(F)c5)c34)cc21. The molecule has 0 amide bonds. The zero-order valence-electron chi connectivity index (χ0n) is 30.5. The molecule has 2 heterocycles. The molecule has 0 unspecified atom stereocenters. The monoisotopic (exact) mass is 709 g/mol. The Morgan fingerprint density at radius 1 is 0.455 bits per heavy atom. The summed E-state index contributed by atoms with van der Waals surface area (Å²) in [6.07, 6.45) is 0. The summed E-state index contributed by atoms with van der Waals surface area (Å²) in [5, 5.41) is 4.56. The second kappa shape index (κ2) is 11.8. The van der Waals surface area contributed by atoms with Gasteiger partial charge in [-0.1, -0.05) is 123 Å². The minimum Gasteiger partial charge on any atom is -0.309 e. The van der Waals surface area contributed by atoms with Crippen LogP contribution in [0.25, 0.3) is 66.1 Å². The van der Waals surface area contributed by atoms with Gasteiger partial charge >= 0.3 is 0 Å². The van der Waals surface area contributed by atoms with E-state index in [0.29, 0.717) is 0 Å². The Bertz CT molecular complexity index is 3150. The summed E-state index contributed by atoms with van der Waals surface area (Å²) in [5.41, 5.74) is 14.4. The van der Waals surface area contributed by atoms with Crippen LogP contribution >= 0.6 is 0 Å². The fourth-order valence-corrected chi connectivity index (χ4v) is 9.35. The van der Waals surface area contributed by atoms with Gasteiger partial charge in [0.25, 0.3) is 0 Å². The average molecular weight is 710 g/mol. The second-order valence-corrected chi connectivity index (χ2v) is 15.1. The lowest BCUT2D eigenvalue weighted by Gasteiger charge is -2.30. The first kappa shape index (κ1) is 31.6. The van der Waals surface area contributed by atoms with Gasteiger partial charge in [0, 0.05) is 44.0 Å². The largest absolute Gasteiger partial charge is 0.309 e. The van der Waals surface area contributed by atoms with Gasteiger partial charge in [0.05, 0.1) is 33.4 Å². The van der Waals surface area contributed by atoms with Crippen LogP contribution in [0.5, 0.6) is 0 Å². The van der Waals surface area contributed by atoms with Crippen LogP contribution in [0.3, 0.4) is 0 Å². The van der Waals surface area contributed by atoms with Crippen LogP contribution in [0.1, 0.15) is 25.0 Å². The van der Waals surface area contributed by atoms with E-state index in [1.165, 1.54) is 33.7 Å². The van der Waals surface area contributed by atoms with Gasteiger partial charge in [-0.3, -0.25) is 0 Å². The molecule has 0 atom stereocenters. The first-order valence-electron chi connectivity index (χ1n) is 18.9. The van der Waals surface area contributed by atoms with Crippen molar-refractivity contribution < 1.29 is 4.39 Å². The molecule has 1 aliphatic carbocycles. The van der Waals surface area contributed by atoms with E-state index in [4.69, 9.17) is 0 Å². The Hall–Kier alpha value is -6.91. The van der Waals surface area contributed by atoms with Crippen molar-refractivity contribution in [1.29, 1.82) is 0 Å². The van der Waals surface area contributed by atoms with Crippen molar-refractivity contribution in [2.75, 3.05) is 4.90 Å². The molecule has 0 N–H and O–H groups in total. The Morgan fingerprint density at radius 3 is 1.91 bits per heavy atom. The summed E-state index contributed by atoms with van der Waals surface area (Å²) < 4.78 is 19.7. The Balaban J connectivity index is 1.28. The van der Waals surface area contributed by atoms with E-state index in [1.54, 1.807) is 12.1 Å². The highest BCUT2D eigenvalue weighted by Crippen LogP contribution is 2.52. The number of aromatic nitrogens is 2. The molecule has 0 saturated heterocycles. The molecule has 11 rings (SSSR count). The Labute approximate surface area is 318 Å². The number of para-hydroxylation sites is 4. The van der Waals surface area contributed by atoms with E-state index in [0.717, 1.165) is 66.7 Å². The molecule has 0 saturated carbocycles. The number of hydrogen-bond acceptors (Lipinski definition) is 1. The highest BCUT2D eigenvalue weighted by molar-refractivity contribution is 6.19. The number of fused-ring (bicyclic) bond motifs is 9. The summed E-state index contributed by atoms with van der Waals surface area (Å²) in [5.74, 6) is -0.267. The third-order valence-electron chi connectivity index (χ3n) is 11.7. The van der Waals surface area contributed by atoms with Crippen LogP contribution in [-0.4, -0.2) is 9.13 Å². The number of halogens is 1. The smallest absolute Gasteiger partial charge is 0.125 e. The van der Waals surface area contributed by atoms with E-state index in [9.17, 15) is 0 Å². The number of rotatable bonds is 5. The average Bonchev–Trinajstić information content (AvgIpc) is 3.83. The third-order valence-corrected chi connectivity index (χ3v) is 11.7. The molecule has 55 heavy (non-hydrogen) atoms. The fourth-order valence-electron chi connectivity index (χ4n) is 9.35. The zero-order chi connectivity index (χ0) is 36.8. The van der Waals surface area contributed by atoms with Crippen LogP contribution in [0, 0.1) is 5.82 Å². The molecule has 262 valence electrons. The van der Waals surface area contributed by atoms with Gasteiger partial charge in [-0.2, -0.15) is 0 Å². The highest BCUT2D eigenvalue weighted by atomic mass is 19.1. The van der Waals surface area contributed by atoms with Gasteiger partial charge in [-0.15, -0.1) is 0 Å². The second-order valence-electron chi connectivity index (χ2n) is 15.1. The maximum Gasteiger partial charge on any atom is 0.125 e. The van der Waals surface area contributed by atoms with Gasteiger partial charge in [-0.25, -0.2) is 4.39 Å². The molecule has 0 spiro atoms. The van der Waals surface area contributed by atoms with Crippen LogP contribution in [0.15, 0.2) is 182 Å². The molecule has 0 bridgehead atoms. The molecule has 0 aliphatic heterocycles. The molecule has 1 aliphatic rings. The summed E-state index contributed by atoms with van der Waals surface area (Å²) in [7, 11) is 0. The Morgan fingerprint density at radius 2 is 1.07 bits per heavy atom. The van der Waals surface area contributed by atoms with E-state index in [1.807, 2.05) is 6.07 Å². The van der Waals surface area contributed by atoms with Crippen molar-refractivity contribution in [1.82, 2.24) is 9.13 Å². The van der Waals surface area contributed by atoms with Gasteiger partial charge in [0.15, 0.2) is 0 Å². The standard InChI is InChI=1S/C51H36FN3/c1-51(2)42-23-9-6-19-37(42)38-30-29-36(32-43(38)51)54(47-27-14-26-46-49(47)41-21-8-11-25-45(41)53(46)34-16-4-3-5-17-34)48-28-13-22-40-39-20-7-10-24-44(39)55(50(40)48)35-18-12-15-33(52)31-35/h3-32H,1-2H3. The minimum absolute atomic E-state index is 0.189. The topological polar surface area (TPSA) is 13.1 Å². The fraction of sp³-hybridized carbons (Fsp3) is 0.0588. The van der Waals surface area contributed by atoms with Crippen molar-refractivity contribution in [2.45, 2.75) is 19.3 Å². The van der Waals surface area contributed by atoms with Crippen LogP contribution in [0.2, 0.25) is 0 Å². The number of benzene rings is 8. The molecule has 0 fully saturated rings. The number of hydrogen-bond donors (Lipinski definition) is 0. The molecular formula is C51H36FN3. The van der Waals surface area contributed by atoms with Crippen molar-refractivity contribution in [3.63, 3.8) is 0 Å². The third kappa shape index (κ3) is 4.55. The lowest BCUT2D eigenvalue weighted by atomic mass is 9.82. The molecule has 10 aromatic rings. The molecule has 8 aromatic carbocycles. The van der Waals surface area contributed by atoms with Gasteiger partial charge < -0.3 is 14.0 Å². The molecular weight excluding hydrogens is 674 g/mol. The minimum atomic E-state index is -0.267. The highest BCUT2D eigenvalue weighted by Gasteiger charge is 2.36. The molecule has 4 heteroatoms. The van der Waals surface area contributed by atoms with Crippen LogP contribution in [-0.2, 0) is 5.41 Å². The summed E-state index contributed by atoms with van der Waals surface area (Å²) in [6, 6.07) is 63.8. The molecule has 2 aromatic heterocycles.